The van der Waals surface area contributed by atoms with Gasteiger partial charge >= 0.3 is 0 Å². The molecule has 0 saturated heterocycles. The first-order valence-corrected chi connectivity index (χ1v) is 6.64. The molecule has 1 unspecified atom stereocenters. The third kappa shape index (κ3) is 3.62. The van der Waals surface area contributed by atoms with Gasteiger partial charge in [-0.3, -0.25) is 0 Å². The van der Waals surface area contributed by atoms with E-state index >= 15 is 0 Å². The average molecular weight is 255 g/mol. The fourth-order valence-electron chi connectivity index (χ4n) is 2.12. The molecule has 0 bridgehead atoms. The second-order valence-corrected chi connectivity index (χ2v) is 4.93. The van der Waals surface area contributed by atoms with Gasteiger partial charge in [0.2, 0.25) is 0 Å². The maximum atomic E-state index is 6.33. The van der Waals surface area contributed by atoms with Gasteiger partial charge in [0.15, 0.2) is 0 Å². The van der Waals surface area contributed by atoms with Gasteiger partial charge in [-0.2, -0.15) is 0 Å². The number of nitrogens with one attached hydrogen (secondary N) is 1. The quantitative estimate of drug-likeness (QED) is 0.833. The van der Waals surface area contributed by atoms with E-state index in [0.29, 0.717) is 6.04 Å². The predicted molar refractivity (Wildman–Crippen MR) is 77.0 cm³/mol. The number of rotatable bonds is 6. The number of hydrogen-bond donors (Lipinski definition) is 1. The number of anilines is 1. The second-order valence-electron chi connectivity index (χ2n) is 4.53. The highest BCUT2D eigenvalue weighted by Gasteiger charge is 2.15. The first kappa shape index (κ1) is 14.3. The minimum Gasteiger partial charge on any atom is -0.370 e. The van der Waals surface area contributed by atoms with Crippen LogP contribution in [0.25, 0.3) is 0 Å². The molecule has 0 aromatic heterocycles. The predicted octanol–water partition coefficient (Wildman–Crippen LogP) is 3.68. The first-order chi connectivity index (χ1) is 8.11. The highest BCUT2D eigenvalue weighted by atomic mass is 35.5. The van der Waals surface area contributed by atoms with Gasteiger partial charge in [0.05, 0.1) is 10.7 Å². The zero-order chi connectivity index (χ0) is 12.8. The Morgan fingerprint density at radius 1 is 1.41 bits per heavy atom. The van der Waals surface area contributed by atoms with Crippen LogP contribution in [0.5, 0.6) is 0 Å². The Morgan fingerprint density at radius 2 is 2.12 bits per heavy atom. The van der Waals surface area contributed by atoms with Crippen LogP contribution in [0.1, 0.15) is 32.3 Å². The van der Waals surface area contributed by atoms with E-state index in [1.165, 1.54) is 18.4 Å². The highest BCUT2D eigenvalue weighted by molar-refractivity contribution is 6.33. The van der Waals surface area contributed by atoms with E-state index in [9.17, 15) is 0 Å². The lowest BCUT2D eigenvalue weighted by Gasteiger charge is -2.29. The van der Waals surface area contributed by atoms with Crippen LogP contribution in [0.2, 0.25) is 5.02 Å². The number of para-hydroxylation sites is 1. The molecule has 96 valence electrons. The zero-order valence-electron chi connectivity index (χ0n) is 11.3. The Bertz CT molecular complexity index is 352. The summed E-state index contributed by atoms with van der Waals surface area (Å²) in [6.45, 7) is 5.31. The standard InChI is InChI=1S/C14H23ClN2/c1-5-7-11(2)17(4)14-12(10-16-3)8-6-9-13(14)15/h6,8-9,11,16H,5,7,10H2,1-4H3. The molecule has 0 aliphatic rings. The first-order valence-electron chi connectivity index (χ1n) is 6.26. The lowest BCUT2D eigenvalue weighted by molar-refractivity contribution is 0.613. The van der Waals surface area contributed by atoms with E-state index in [-0.39, 0.29) is 0 Å². The number of hydrogen-bond acceptors (Lipinski definition) is 2. The summed E-state index contributed by atoms with van der Waals surface area (Å²) in [6, 6.07) is 6.62. The Balaban J connectivity index is 3.01. The van der Waals surface area contributed by atoms with Crippen LogP contribution in [0.15, 0.2) is 18.2 Å². The molecule has 2 nitrogen and oxygen atoms in total. The Kier molecular flexibility index (Phi) is 5.79. The molecule has 1 rings (SSSR count). The van der Waals surface area contributed by atoms with Crippen LogP contribution < -0.4 is 10.2 Å². The second kappa shape index (κ2) is 6.87. The molecular weight excluding hydrogens is 232 g/mol. The van der Waals surface area contributed by atoms with Crippen molar-refractivity contribution in [2.45, 2.75) is 39.3 Å². The molecule has 0 spiro atoms. The molecule has 0 aliphatic heterocycles. The van der Waals surface area contributed by atoms with Crippen molar-refractivity contribution in [1.29, 1.82) is 0 Å². The van der Waals surface area contributed by atoms with E-state index < -0.39 is 0 Å². The maximum absolute atomic E-state index is 6.33. The highest BCUT2D eigenvalue weighted by Crippen LogP contribution is 2.31. The lowest BCUT2D eigenvalue weighted by atomic mass is 10.1. The number of benzene rings is 1. The molecule has 0 heterocycles. The Morgan fingerprint density at radius 3 is 2.71 bits per heavy atom. The van der Waals surface area contributed by atoms with Gasteiger partial charge in [0, 0.05) is 19.6 Å². The summed E-state index contributed by atoms with van der Waals surface area (Å²) in [5.41, 5.74) is 2.41. The van der Waals surface area contributed by atoms with Crippen LogP contribution in [-0.2, 0) is 6.54 Å². The van der Waals surface area contributed by atoms with Crippen LogP contribution in [-0.4, -0.2) is 20.1 Å². The lowest BCUT2D eigenvalue weighted by Crippen LogP contribution is -2.30. The van der Waals surface area contributed by atoms with Crippen molar-refractivity contribution >= 4 is 17.3 Å². The molecule has 0 amide bonds. The summed E-state index contributed by atoms with van der Waals surface area (Å²) in [4.78, 5) is 2.29. The third-order valence-corrected chi connectivity index (χ3v) is 3.46. The van der Waals surface area contributed by atoms with Gasteiger partial charge in [-0.05, 0) is 32.0 Å². The molecular formula is C14H23ClN2. The summed E-state index contributed by atoms with van der Waals surface area (Å²) in [5, 5.41) is 4.03. The maximum Gasteiger partial charge on any atom is 0.0642 e. The molecule has 1 atom stereocenters. The van der Waals surface area contributed by atoms with Gasteiger partial charge in [0.1, 0.15) is 0 Å². The van der Waals surface area contributed by atoms with Gasteiger partial charge in [-0.15, -0.1) is 0 Å². The normalized spacial score (nSPS) is 12.5. The monoisotopic (exact) mass is 254 g/mol. The van der Waals surface area contributed by atoms with Crippen molar-refractivity contribution in [3.8, 4) is 0 Å². The molecule has 0 saturated carbocycles. The molecule has 3 heteroatoms. The van der Waals surface area contributed by atoms with Gasteiger partial charge < -0.3 is 10.2 Å². The van der Waals surface area contributed by atoms with Crippen LogP contribution in [0.4, 0.5) is 5.69 Å². The summed E-state index contributed by atoms with van der Waals surface area (Å²) >= 11 is 6.33. The molecule has 0 fully saturated rings. The number of halogens is 1. The van der Waals surface area contributed by atoms with Crippen LogP contribution in [0.3, 0.4) is 0 Å². The minimum atomic E-state index is 0.510. The molecule has 0 radical (unpaired) electrons. The van der Waals surface area contributed by atoms with Gasteiger partial charge in [-0.1, -0.05) is 37.1 Å². The minimum absolute atomic E-state index is 0.510. The summed E-state index contributed by atoms with van der Waals surface area (Å²) in [7, 11) is 4.08. The fraction of sp³-hybridized carbons (Fsp3) is 0.571. The summed E-state index contributed by atoms with van der Waals surface area (Å²) in [5.74, 6) is 0. The molecule has 0 aliphatic carbocycles. The Hall–Kier alpha value is -0.730. The van der Waals surface area contributed by atoms with Crippen molar-refractivity contribution in [3.05, 3.63) is 28.8 Å². The van der Waals surface area contributed by atoms with E-state index in [4.69, 9.17) is 11.6 Å². The van der Waals surface area contributed by atoms with E-state index in [0.717, 1.165) is 17.3 Å². The smallest absolute Gasteiger partial charge is 0.0642 e. The molecule has 1 aromatic carbocycles. The van der Waals surface area contributed by atoms with Crippen LogP contribution in [0, 0.1) is 0 Å². The zero-order valence-corrected chi connectivity index (χ0v) is 12.0. The molecule has 1 aromatic rings. The summed E-state index contributed by atoms with van der Waals surface area (Å²) < 4.78 is 0. The summed E-state index contributed by atoms with van der Waals surface area (Å²) in [6.07, 6.45) is 2.37. The van der Waals surface area contributed by atoms with E-state index in [2.05, 4.69) is 37.2 Å². The topological polar surface area (TPSA) is 15.3 Å². The van der Waals surface area contributed by atoms with Crippen molar-refractivity contribution < 1.29 is 0 Å². The third-order valence-electron chi connectivity index (χ3n) is 3.16. The van der Waals surface area contributed by atoms with E-state index in [1.807, 2.05) is 19.2 Å². The van der Waals surface area contributed by atoms with Gasteiger partial charge in [0.25, 0.3) is 0 Å². The van der Waals surface area contributed by atoms with Crippen molar-refractivity contribution in [2.75, 3.05) is 19.0 Å². The van der Waals surface area contributed by atoms with Crippen molar-refractivity contribution in [2.24, 2.45) is 0 Å². The molecule has 17 heavy (non-hydrogen) atoms. The fourth-order valence-corrected chi connectivity index (χ4v) is 2.45. The average Bonchev–Trinajstić information content (AvgIpc) is 2.29. The van der Waals surface area contributed by atoms with Crippen molar-refractivity contribution in [1.82, 2.24) is 5.32 Å². The molecule has 1 N–H and O–H groups in total. The van der Waals surface area contributed by atoms with Gasteiger partial charge in [-0.25, -0.2) is 0 Å². The van der Waals surface area contributed by atoms with Crippen LogP contribution >= 0.6 is 11.6 Å². The SMILES string of the molecule is CCCC(C)N(C)c1c(Cl)cccc1CNC. The largest absolute Gasteiger partial charge is 0.370 e. The number of nitrogens with zero attached hydrogens (tertiary/aromatic N) is 1. The van der Waals surface area contributed by atoms with Crippen molar-refractivity contribution in [3.63, 3.8) is 0 Å². The Labute approximate surface area is 110 Å². The van der Waals surface area contributed by atoms with E-state index in [1.54, 1.807) is 0 Å².